The Morgan fingerprint density at radius 1 is 1.09 bits per heavy atom. The maximum Gasteiger partial charge on any atom is 0.229 e. The van der Waals surface area contributed by atoms with Crippen molar-refractivity contribution in [3.63, 3.8) is 0 Å². The van der Waals surface area contributed by atoms with Gasteiger partial charge in [0.1, 0.15) is 11.4 Å². The van der Waals surface area contributed by atoms with Crippen molar-refractivity contribution in [1.29, 1.82) is 0 Å². The second kappa shape index (κ2) is 9.59. The lowest BCUT2D eigenvalue weighted by Crippen LogP contribution is -2.22. The third kappa shape index (κ3) is 5.26. The Morgan fingerprint density at radius 2 is 1.83 bits per heavy atom. The first-order valence-corrected chi connectivity index (χ1v) is 11.8. The van der Waals surface area contributed by atoms with E-state index in [1.165, 1.54) is 12.4 Å². The van der Waals surface area contributed by atoms with Crippen LogP contribution in [-0.2, 0) is 10.3 Å². The molecule has 1 saturated heterocycles. The molecule has 1 fully saturated rings. The molecule has 4 heterocycles. The fourth-order valence-electron chi connectivity index (χ4n) is 4.12. The lowest BCUT2D eigenvalue weighted by Gasteiger charge is -2.22. The molecule has 5 rings (SSSR count). The summed E-state index contributed by atoms with van der Waals surface area (Å²) in [5.74, 6) is 1.00. The molecule has 182 valence electrons. The molecule has 0 unspecified atom stereocenters. The molecule has 8 nitrogen and oxygen atoms in total. The average Bonchev–Trinajstić information content (AvgIpc) is 3.19. The van der Waals surface area contributed by atoms with E-state index in [2.05, 4.69) is 25.6 Å². The summed E-state index contributed by atoms with van der Waals surface area (Å²) in [6, 6.07) is 13.2. The maximum absolute atomic E-state index is 14.6. The van der Waals surface area contributed by atoms with Crippen molar-refractivity contribution in [3.05, 3.63) is 66.4 Å². The Labute approximate surface area is 203 Å². The summed E-state index contributed by atoms with van der Waals surface area (Å²) in [5.41, 5.74) is 1.62. The van der Waals surface area contributed by atoms with Gasteiger partial charge in [-0.25, -0.2) is 14.4 Å². The van der Waals surface area contributed by atoms with Crippen LogP contribution in [0.4, 0.5) is 21.7 Å². The molecule has 0 atom stereocenters. The number of pyridine rings is 1. The first-order chi connectivity index (χ1) is 16.9. The SMILES string of the molecule is CC(C)(O)c1cccc(-n2cc(F)c3cnc(Nc4ccc(NCC5CCOCC5)cc4)nc32)n1. The molecule has 0 aliphatic carbocycles. The van der Waals surface area contributed by atoms with Crippen LogP contribution in [0.1, 0.15) is 32.4 Å². The fourth-order valence-corrected chi connectivity index (χ4v) is 4.12. The Bertz CT molecular complexity index is 1310. The van der Waals surface area contributed by atoms with Crippen LogP contribution in [0.5, 0.6) is 0 Å². The van der Waals surface area contributed by atoms with Crippen LogP contribution in [0.15, 0.2) is 54.9 Å². The molecule has 0 radical (unpaired) electrons. The van der Waals surface area contributed by atoms with Crippen molar-refractivity contribution in [2.45, 2.75) is 32.3 Å². The summed E-state index contributed by atoms with van der Waals surface area (Å²) in [5, 5.41) is 17.3. The number of nitrogens with zero attached hydrogens (tertiary/aromatic N) is 4. The van der Waals surface area contributed by atoms with E-state index in [4.69, 9.17) is 4.74 Å². The number of halogens is 1. The molecule has 4 aromatic rings. The summed E-state index contributed by atoms with van der Waals surface area (Å²) in [7, 11) is 0. The van der Waals surface area contributed by atoms with Gasteiger partial charge < -0.3 is 20.5 Å². The lowest BCUT2D eigenvalue weighted by molar-refractivity contribution is 0.0699. The highest BCUT2D eigenvalue weighted by Crippen LogP contribution is 2.25. The van der Waals surface area contributed by atoms with Crippen molar-refractivity contribution in [2.24, 2.45) is 5.92 Å². The molecule has 1 aromatic carbocycles. The highest BCUT2D eigenvalue weighted by Gasteiger charge is 2.20. The van der Waals surface area contributed by atoms with Crippen LogP contribution >= 0.6 is 0 Å². The minimum absolute atomic E-state index is 0.290. The van der Waals surface area contributed by atoms with Crippen molar-refractivity contribution in [1.82, 2.24) is 19.5 Å². The Morgan fingerprint density at radius 3 is 2.57 bits per heavy atom. The monoisotopic (exact) mass is 476 g/mol. The van der Waals surface area contributed by atoms with E-state index in [1.807, 2.05) is 24.3 Å². The summed E-state index contributed by atoms with van der Waals surface area (Å²) < 4.78 is 21.6. The topological polar surface area (TPSA) is 97.1 Å². The van der Waals surface area contributed by atoms with Crippen molar-refractivity contribution in [3.8, 4) is 5.82 Å². The highest BCUT2D eigenvalue weighted by atomic mass is 19.1. The summed E-state index contributed by atoms with van der Waals surface area (Å²) >= 11 is 0. The fraction of sp³-hybridized carbons (Fsp3) is 0.346. The van der Waals surface area contributed by atoms with E-state index in [0.29, 0.717) is 34.4 Å². The molecule has 1 aliphatic heterocycles. The first-order valence-electron chi connectivity index (χ1n) is 11.8. The van der Waals surface area contributed by atoms with Gasteiger partial charge in [0.2, 0.25) is 5.95 Å². The standard InChI is InChI=1S/C26H29FN6O2/c1-26(2,34)22-4-3-5-23(31-22)33-16-21(27)20-15-29-25(32-24(20)33)30-19-8-6-18(7-9-19)28-14-17-10-12-35-13-11-17/h3-9,15-17,28,34H,10-14H2,1-2H3,(H,29,30,32). The molecular weight excluding hydrogens is 447 g/mol. The van der Waals surface area contributed by atoms with E-state index >= 15 is 0 Å². The zero-order chi connectivity index (χ0) is 24.4. The smallest absolute Gasteiger partial charge is 0.229 e. The molecule has 0 amide bonds. The number of aliphatic hydroxyl groups is 1. The zero-order valence-corrected chi connectivity index (χ0v) is 19.8. The van der Waals surface area contributed by atoms with E-state index in [9.17, 15) is 9.50 Å². The van der Waals surface area contributed by atoms with E-state index in [1.54, 1.807) is 36.6 Å². The van der Waals surface area contributed by atoms with Gasteiger partial charge in [-0.05, 0) is 69.0 Å². The minimum atomic E-state index is -1.12. The molecule has 3 N–H and O–H groups in total. The quantitative estimate of drug-likeness (QED) is 0.354. The van der Waals surface area contributed by atoms with Crippen molar-refractivity contribution < 1.29 is 14.2 Å². The summed E-state index contributed by atoms with van der Waals surface area (Å²) in [6.45, 7) is 5.93. The number of fused-ring (bicyclic) bond motifs is 1. The van der Waals surface area contributed by atoms with Crippen molar-refractivity contribution >= 4 is 28.4 Å². The largest absolute Gasteiger partial charge is 0.385 e. The van der Waals surface area contributed by atoms with Gasteiger partial charge in [0.05, 0.1) is 11.1 Å². The van der Waals surface area contributed by atoms with Crippen LogP contribution in [0.25, 0.3) is 16.9 Å². The zero-order valence-electron chi connectivity index (χ0n) is 19.8. The number of hydrogen-bond donors (Lipinski definition) is 3. The number of nitrogens with one attached hydrogen (secondary N) is 2. The van der Waals surface area contributed by atoms with Gasteiger partial charge in [-0.2, -0.15) is 4.98 Å². The molecule has 0 bridgehead atoms. The van der Waals surface area contributed by atoms with Gasteiger partial charge in [0.15, 0.2) is 11.5 Å². The second-order valence-corrected chi connectivity index (χ2v) is 9.36. The van der Waals surface area contributed by atoms with Crippen LogP contribution in [0.2, 0.25) is 0 Å². The van der Waals surface area contributed by atoms with E-state index in [0.717, 1.165) is 44.0 Å². The predicted molar refractivity (Wildman–Crippen MR) is 134 cm³/mol. The van der Waals surface area contributed by atoms with Crippen LogP contribution in [0.3, 0.4) is 0 Å². The molecule has 0 spiro atoms. The van der Waals surface area contributed by atoms with Gasteiger partial charge in [0, 0.05) is 43.5 Å². The number of benzene rings is 1. The predicted octanol–water partition coefficient (Wildman–Crippen LogP) is 4.76. The van der Waals surface area contributed by atoms with E-state index < -0.39 is 11.4 Å². The van der Waals surface area contributed by atoms with Crippen LogP contribution < -0.4 is 10.6 Å². The number of aromatic nitrogens is 4. The van der Waals surface area contributed by atoms with Gasteiger partial charge in [-0.1, -0.05) is 6.07 Å². The first kappa shape index (κ1) is 23.2. The van der Waals surface area contributed by atoms with E-state index in [-0.39, 0.29) is 0 Å². The van der Waals surface area contributed by atoms with Crippen LogP contribution in [0, 0.1) is 11.7 Å². The number of rotatable bonds is 7. The number of anilines is 3. The minimum Gasteiger partial charge on any atom is -0.385 e. The summed E-state index contributed by atoms with van der Waals surface area (Å²) in [4.78, 5) is 13.3. The molecule has 3 aromatic heterocycles. The van der Waals surface area contributed by atoms with Crippen molar-refractivity contribution in [2.75, 3.05) is 30.4 Å². The molecule has 9 heteroatoms. The van der Waals surface area contributed by atoms with Gasteiger partial charge >= 0.3 is 0 Å². The van der Waals surface area contributed by atoms with Gasteiger partial charge in [-0.3, -0.25) is 4.57 Å². The third-order valence-electron chi connectivity index (χ3n) is 6.18. The Hall–Kier alpha value is -3.56. The normalized spacial score (nSPS) is 14.9. The van der Waals surface area contributed by atoms with Crippen LogP contribution in [-0.4, -0.2) is 44.4 Å². The number of hydrogen-bond acceptors (Lipinski definition) is 7. The Balaban J connectivity index is 1.34. The second-order valence-electron chi connectivity index (χ2n) is 9.36. The molecular formula is C26H29FN6O2. The maximum atomic E-state index is 14.6. The lowest BCUT2D eigenvalue weighted by atomic mass is 10.0. The molecule has 35 heavy (non-hydrogen) atoms. The molecule has 1 aliphatic rings. The molecule has 0 saturated carbocycles. The van der Waals surface area contributed by atoms with Gasteiger partial charge in [0.25, 0.3) is 0 Å². The number of ether oxygens (including phenoxy) is 1. The average molecular weight is 477 g/mol. The Kier molecular flexibility index (Phi) is 6.36. The highest BCUT2D eigenvalue weighted by molar-refractivity contribution is 5.79. The summed E-state index contributed by atoms with van der Waals surface area (Å²) in [6.07, 6.45) is 4.97. The third-order valence-corrected chi connectivity index (χ3v) is 6.18. The van der Waals surface area contributed by atoms with Gasteiger partial charge in [-0.15, -0.1) is 0 Å².